The number of carboxylic acid groups (broad SMARTS) is 1. The highest BCUT2D eigenvalue weighted by molar-refractivity contribution is 9.10. The van der Waals surface area contributed by atoms with Crippen molar-refractivity contribution < 1.29 is 9.90 Å². The Morgan fingerprint density at radius 1 is 1.40 bits per heavy atom. The molecule has 0 aliphatic heterocycles. The molecule has 20 heavy (non-hydrogen) atoms. The van der Waals surface area contributed by atoms with E-state index in [0.717, 1.165) is 5.56 Å². The smallest absolute Gasteiger partial charge is 0.339 e. The van der Waals surface area contributed by atoms with Gasteiger partial charge >= 0.3 is 5.97 Å². The lowest BCUT2D eigenvalue weighted by atomic mass is 10.2. The van der Waals surface area contributed by atoms with Crippen molar-refractivity contribution in [2.75, 3.05) is 11.4 Å². The standard InChI is InChI=1S/C14H14BrN3O2/c1-2-18(9-10-3-5-16-6-4-10)13-12(14(19)20)7-11(15)8-17-13/h3-8H,2,9H2,1H3,(H,19,20). The van der Waals surface area contributed by atoms with Crippen LogP contribution in [0.3, 0.4) is 0 Å². The van der Waals surface area contributed by atoms with Crippen molar-refractivity contribution in [3.8, 4) is 0 Å². The molecule has 2 rings (SSSR count). The van der Waals surface area contributed by atoms with Crippen LogP contribution in [-0.4, -0.2) is 27.6 Å². The van der Waals surface area contributed by atoms with E-state index in [9.17, 15) is 9.90 Å². The molecule has 2 heterocycles. The number of halogens is 1. The average Bonchev–Trinajstić information content (AvgIpc) is 2.46. The van der Waals surface area contributed by atoms with E-state index >= 15 is 0 Å². The van der Waals surface area contributed by atoms with Crippen molar-refractivity contribution in [1.82, 2.24) is 9.97 Å². The molecule has 0 unspecified atom stereocenters. The molecule has 5 nitrogen and oxygen atoms in total. The largest absolute Gasteiger partial charge is 0.478 e. The van der Waals surface area contributed by atoms with Crippen LogP contribution in [0.5, 0.6) is 0 Å². The Bertz CT molecular complexity index is 605. The molecule has 0 fully saturated rings. The van der Waals surface area contributed by atoms with Gasteiger partial charge in [-0.15, -0.1) is 0 Å². The number of hydrogen-bond donors (Lipinski definition) is 1. The van der Waals surface area contributed by atoms with Gasteiger partial charge in [0.2, 0.25) is 0 Å². The Morgan fingerprint density at radius 2 is 2.10 bits per heavy atom. The fraction of sp³-hybridized carbons (Fsp3) is 0.214. The molecule has 0 amide bonds. The van der Waals surface area contributed by atoms with Crippen LogP contribution < -0.4 is 4.90 Å². The molecule has 1 N–H and O–H groups in total. The predicted octanol–water partition coefficient (Wildman–Crippen LogP) is 2.96. The topological polar surface area (TPSA) is 66.3 Å². The lowest BCUT2D eigenvalue weighted by Gasteiger charge is -2.23. The van der Waals surface area contributed by atoms with Gasteiger partial charge in [0.25, 0.3) is 0 Å². The summed E-state index contributed by atoms with van der Waals surface area (Å²) in [7, 11) is 0. The van der Waals surface area contributed by atoms with Gasteiger partial charge in [-0.1, -0.05) is 0 Å². The number of nitrogens with zero attached hydrogens (tertiary/aromatic N) is 3. The SMILES string of the molecule is CCN(Cc1ccncc1)c1ncc(Br)cc1C(=O)O. The molecule has 0 aromatic carbocycles. The van der Waals surface area contributed by atoms with Crippen LogP contribution in [0.1, 0.15) is 22.8 Å². The number of carboxylic acids is 1. The number of carbonyl (C=O) groups is 1. The number of hydrogen-bond acceptors (Lipinski definition) is 4. The summed E-state index contributed by atoms with van der Waals surface area (Å²) in [5, 5.41) is 9.30. The molecule has 0 aliphatic rings. The molecule has 0 atom stereocenters. The molecule has 0 spiro atoms. The van der Waals surface area contributed by atoms with E-state index in [1.54, 1.807) is 24.7 Å². The maximum absolute atomic E-state index is 11.3. The van der Waals surface area contributed by atoms with Crippen molar-refractivity contribution in [1.29, 1.82) is 0 Å². The first-order valence-corrected chi connectivity index (χ1v) is 6.93. The molecule has 104 valence electrons. The first-order valence-electron chi connectivity index (χ1n) is 6.14. The number of anilines is 1. The lowest BCUT2D eigenvalue weighted by molar-refractivity contribution is 0.0697. The molecule has 0 saturated carbocycles. The third-order valence-corrected chi connectivity index (χ3v) is 3.30. The third kappa shape index (κ3) is 3.33. The summed E-state index contributed by atoms with van der Waals surface area (Å²) >= 11 is 3.25. The van der Waals surface area contributed by atoms with Crippen LogP contribution in [0.2, 0.25) is 0 Å². The first kappa shape index (κ1) is 14.5. The summed E-state index contributed by atoms with van der Waals surface area (Å²) in [6.07, 6.45) is 5.05. The summed E-state index contributed by atoms with van der Waals surface area (Å²) in [6, 6.07) is 5.38. The van der Waals surface area contributed by atoms with E-state index in [1.165, 1.54) is 0 Å². The summed E-state index contributed by atoms with van der Waals surface area (Å²) in [6.45, 7) is 3.22. The van der Waals surface area contributed by atoms with Crippen molar-refractivity contribution in [2.45, 2.75) is 13.5 Å². The highest BCUT2D eigenvalue weighted by atomic mass is 79.9. The van der Waals surface area contributed by atoms with Crippen molar-refractivity contribution >= 4 is 27.7 Å². The van der Waals surface area contributed by atoms with Gasteiger partial charge in [0.05, 0.1) is 0 Å². The quantitative estimate of drug-likeness (QED) is 0.909. The van der Waals surface area contributed by atoms with Crippen LogP contribution in [0.4, 0.5) is 5.82 Å². The molecule has 0 bridgehead atoms. The van der Waals surface area contributed by atoms with Crippen LogP contribution in [0, 0.1) is 0 Å². The van der Waals surface area contributed by atoms with Crippen LogP contribution >= 0.6 is 15.9 Å². The first-order chi connectivity index (χ1) is 9.61. The minimum absolute atomic E-state index is 0.190. The highest BCUT2D eigenvalue weighted by Gasteiger charge is 2.17. The van der Waals surface area contributed by atoms with Gasteiger partial charge in [-0.25, -0.2) is 9.78 Å². The average molecular weight is 336 g/mol. The van der Waals surface area contributed by atoms with E-state index in [0.29, 0.717) is 23.4 Å². The van der Waals surface area contributed by atoms with E-state index in [-0.39, 0.29) is 5.56 Å². The van der Waals surface area contributed by atoms with Gasteiger partial charge in [-0.3, -0.25) is 4.98 Å². The van der Waals surface area contributed by atoms with Gasteiger partial charge in [0.15, 0.2) is 0 Å². The van der Waals surface area contributed by atoms with Gasteiger partial charge in [0, 0.05) is 36.2 Å². The van der Waals surface area contributed by atoms with Gasteiger partial charge < -0.3 is 10.0 Å². The molecular weight excluding hydrogens is 322 g/mol. The van der Waals surface area contributed by atoms with Gasteiger partial charge in [0.1, 0.15) is 11.4 Å². The fourth-order valence-corrected chi connectivity index (χ4v) is 2.22. The second kappa shape index (κ2) is 6.47. The predicted molar refractivity (Wildman–Crippen MR) is 79.9 cm³/mol. The summed E-state index contributed by atoms with van der Waals surface area (Å²) in [5.74, 6) is -0.512. The monoisotopic (exact) mass is 335 g/mol. The van der Waals surface area contributed by atoms with Crippen LogP contribution in [0.25, 0.3) is 0 Å². The molecule has 2 aromatic heterocycles. The Labute approximate surface area is 125 Å². The second-order valence-electron chi connectivity index (χ2n) is 4.20. The van der Waals surface area contributed by atoms with Crippen molar-refractivity contribution in [3.63, 3.8) is 0 Å². The highest BCUT2D eigenvalue weighted by Crippen LogP contribution is 2.23. The zero-order chi connectivity index (χ0) is 14.5. The Hall–Kier alpha value is -1.95. The maximum atomic E-state index is 11.3. The summed E-state index contributed by atoms with van der Waals surface area (Å²) in [4.78, 5) is 21.5. The number of rotatable bonds is 5. The van der Waals surface area contributed by atoms with Crippen molar-refractivity contribution in [2.24, 2.45) is 0 Å². The zero-order valence-electron chi connectivity index (χ0n) is 11.0. The lowest BCUT2D eigenvalue weighted by Crippen LogP contribution is -2.25. The number of pyridine rings is 2. The molecule has 0 aliphatic carbocycles. The van der Waals surface area contributed by atoms with E-state index in [4.69, 9.17) is 0 Å². The Kier molecular flexibility index (Phi) is 4.68. The number of aromatic nitrogens is 2. The Morgan fingerprint density at radius 3 is 2.70 bits per heavy atom. The molecule has 2 aromatic rings. The van der Waals surface area contributed by atoms with Crippen molar-refractivity contribution in [3.05, 3.63) is 52.4 Å². The minimum Gasteiger partial charge on any atom is -0.478 e. The van der Waals surface area contributed by atoms with Crippen LogP contribution in [0.15, 0.2) is 41.3 Å². The summed E-state index contributed by atoms with van der Waals surface area (Å²) < 4.78 is 0.651. The second-order valence-corrected chi connectivity index (χ2v) is 5.12. The minimum atomic E-state index is -0.984. The normalized spacial score (nSPS) is 10.3. The van der Waals surface area contributed by atoms with Gasteiger partial charge in [-0.05, 0) is 46.6 Å². The fourth-order valence-electron chi connectivity index (χ4n) is 1.89. The van der Waals surface area contributed by atoms with E-state index < -0.39 is 5.97 Å². The molecule has 6 heteroatoms. The summed E-state index contributed by atoms with van der Waals surface area (Å²) in [5.41, 5.74) is 1.25. The van der Waals surface area contributed by atoms with Gasteiger partial charge in [-0.2, -0.15) is 0 Å². The van der Waals surface area contributed by atoms with E-state index in [2.05, 4.69) is 25.9 Å². The third-order valence-electron chi connectivity index (χ3n) is 2.87. The zero-order valence-corrected chi connectivity index (χ0v) is 12.5. The Balaban J connectivity index is 2.34. The molecular formula is C14H14BrN3O2. The van der Waals surface area contributed by atoms with E-state index in [1.807, 2.05) is 24.0 Å². The van der Waals surface area contributed by atoms with Crippen LogP contribution in [-0.2, 0) is 6.54 Å². The molecule has 0 radical (unpaired) electrons. The number of aromatic carboxylic acids is 1. The molecule has 0 saturated heterocycles. The maximum Gasteiger partial charge on any atom is 0.339 e.